The highest BCUT2D eigenvalue weighted by Gasteiger charge is 2.56. The number of fused-ring (bicyclic) bond motifs is 1. The van der Waals surface area contributed by atoms with E-state index in [2.05, 4.69) is 5.32 Å². The summed E-state index contributed by atoms with van der Waals surface area (Å²) in [6, 6.07) is 7.58. The average molecular weight is 286 g/mol. The quantitative estimate of drug-likeness (QED) is 0.923. The lowest BCUT2D eigenvalue weighted by atomic mass is 10.1. The minimum absolute atomic E-state index is 0.0811. The third-order valence-corrected chi connectivity index (χ3v) is 4.78. The number of carbonyl (C=O) groups is 2. The van der Waals surface area contributed by atoms with Crippen molar-refractivity contribution < 1.29 is 9.59 Å². The molecule has 2 aliphatic carbocycles. The smallest absolute Gasteiger partial charge is 0.228 e. The van der Waals surface area contributed by atoms with Crippen LogP contribution in [0.15, 0.2) is 24.3 Å². The van der Waals surface area contributed by atoms with Crippen LogP contribution in [0.1, 0.15) is 24.8 Å². The molecule has 112 valence electrons. The molecule has 4 nitrogen and oxygen atoms in total. The van der Waals surface area contributed by atoms with Gasteiger partial charge in [0, 0.05) is 25.7 Å². The van der Waals surface area contributed by atoms with Crippen molar-refractivity contribution in [3.8, 4) is 0 Å². The van der Waals surface area contributed by atoms with Gasteiger partial charge in [-0.2, -0.15) is 0 Å². The second-order valence-corrected chi connectivity index (χ2v) is 6.44. The van der Waals surface area contributed by atoms with Gasteiger partial charge in [0.05, 0.1) is 6.42 Å². The summed E-state index contributed by atoms with van der Waals surface area (Å²) in [6.45, 7) is 0. The molecule has 4 heteroatoms. The molecule has 1 unspecified atom stereocenters. The summed E-state index contributed by atoms with van der Waals surface area (Å²) in [7, 11) is 3.51. The fourth-order valence-corrected chi connectivity index (χ4v) is 3.47. The molecule has 0 heterocycles. The lowest BCUT2D eigenvalue weighted by Gasteiger charge is -2.11. The van der Waals surface area contributed by atoms with Gasteiger partial charge in [0.1, 0.15) is 0 Å². The molecule has 0 saturated heterocycles. The van der Waals surface area contributed by atoms with E-state index in [1.54, 1.807) is 19.0 Å². The Morgan fingerprint density at radius 3 is 2.33 bits per heavy atom. The minimum atomic E-state index is 0.0811. The number of anilines is 1. The maximum atomic E-state index is 12.2. The third kappa shape index (κ3) is 2.94. The molecule has 2 aliphatic rings. The van der Waals surface area contributed by atoms with E-state index >= 15 is 0 Å². The zero-order chi connectivity index (χ0) is 15.0. The summed E-state index contributed by atoms with van der Waals surface area (Å²) in [6.07, 6.45) is 4.12. The van der Waals surface area contributed by atoms with Crippen molar-refractivity contribution in [1.29, 1.82) is 0 Å². The second kappa shape index (κ2) is 5.51. The lowest BCUT2D eigenvalue weighted by molar-refractivity contribution is -0.128. The summed E-state index contributed by atoms with van der Waals surface area (Å²) in [4.78, 5) is 25.4. The van der Waals surface area contributed by atoms with Crippen LogP contribution in [-0.4, -0.2) is 30.8 Å². The molecule has 2 amide bonds. The molecule has 1 N–H and O–H groups in total. The Bertz CT molecular complexity index is 540. The van der Waals surface area contributed by atoms with E-state index in [9.17, 15) is 9.59 Å². The van der Waals surface area contributed by atoms with Crippen LogP contribution in [0.5, 0.6) is 0 Å². The first-order valence-corrected chi connectivity index (χ1v) is 7.66. The SMILES string of the molecule is CN(C)C(=O)Cc1ccc(NC(=O)C2[C@H]3CCC[C@@H]23)cc1. The van der Waals surface area contributed by atoms with Crippen LogP contribution < -0.4 is 5.32 Å². The van der Waals surface area contributed by atoms with Crippen LogP contribution >= 0.6 is 0 Å². The standard InChI is InChI=1S/C17H22N2O2/c1-19(2)15(20)10-11-6-8-12(9-7-11)18-17(21)16-13-4-3-5-14(13)16/h6-9,13-14,16H,3-5,10H2,1-2H3,(H,18,21)/t13-,14+,16?. The Hall–Kier alpha value is -1.84. The molecule has 0 aliphatic heterocycles. The van der Waals surface area contributed by atoms with Crippen molar-refractivity contribution in [2.45, 2.75) is 25.7 Å². The molecular weight excluding hydrogens is 264 g/mol. The number of benzene rings is 1. The largest absolute Gasteiger partial charge is 0.349 e. The van der Waals surface area contributed by atoms with Crippen LogP contribution in [0.3, 0.4) is 0 Å². The average Bonchev–Trinajstić information content (AvgIpc) is 2.94. The Kier molecular flexibility index (Phi) is 3.70. The summed E-state index contributed by atoms with van der Waals surface area (Å²) in [5.74, 6) is 1.78. The number of likely N-dealkylation sites (N-methyl/N-ethyl adjacent to an activating group) is 1. The molecule has 1 aromatic carbocycles. The van der Waals surface area contributed by atoms with E-state index in [4.69, 9.17) is 0 Å². The first-order valence-electron chi connectivity index (χ1n) is 7.66. The molecule has 0 spiro atoms. The summed E-state index contributed by atoms with van der Waals surface area (Å²) in [5.41, 5.74) is 1.79. The van der Waals surface area contributed by atoms with Gasteiger partial charge in [0.15, 0.2) is 0 Å². The third-order valence-electron chi connectivity index (χ3n) is 4.78. The van der Waals surface area contributed by atoms with Gasteiger partial charge in [-0.1, -0.05) is 18.6 Å². The highest BCUT2D eigenvalue weighted by atomic mass is 16.2. The van der Waals surface area contributed by atoms with Gasteiger partial charge in [0.25, 0.3) is 0 Å². The molecule has 0 radical (unpaired) electrons. The Balaban J connectivity index is 1.55. The van der Waals surface area contributed by atoms with Gasteiger partial charge < -0.3 is 10.2 Å². The fraction of sp³-hybridized carbons (Fsp3) is 0.529. The molecule has 2 fully saturated rings. The van der Waals surface area contributed by atoms with E-state index < -0.39 is 0 Å². The molecule has 3 atom stereocenters. The predicted octanol–water partition coefficient (Wildman–Crippen LogP) is 2.30. The Labute approximate surface area is 125 Å². The molecule has 2 saturated carbocycles. The summed E-state index contributed by atoms with van der Waals surface area (Å²) < 4.78 is 0. The zero-order valence-electron chi connectivity index (χ0n) is 12.6. The fourth-order valence-electron chi connectivity index (χ4n) is 3.47. The van der Waals surface area contributed by atoms with E-state index in [-0.39, 0.29) is 17.7 Å². The first kappa shape index (κ1) is 14.1. The van der Waals surface area contributed by atoms with Gasteiger partial charge in [-0.25, -0.2) is 0 Å². The maximum Gasteiger partial charge on any atom is 0.228 e. The van der Waals surface area contributed by atoms with Crippen LogP contribution in [0.25, 0.3) is 0 Å². The van der Waals surface area contributed by atoms with Crippen molar-refractivity contribution >= 4 is 17.5 Å². The monoisotopic (exact) mass is 286 g/mol. The predicted molar refractivity (Wildman–Crippen MR) is 81.8 cm³/mol. The molecule has 21 heavy (non-hydrogen) atoms. The highest BCUT2D eigenvalue weighted by molar-refractivity contribution is 5.95. The topological polar surface area (TPSA) is 49.4 Å². The number of carbonyl (C=O) groups excluding carboxylic acids is 2. The van der Waals surface area contributed by atoms with E-state index in [0.29, 0.717) is 18.3 Å². The lowest BCUT2D eigenvalue weighted by Crippen LogP contribution is -2.23. The number of rotatable bonds is 4. The number of nitrogens with zero attached hydrogens (tertiary/aromatic N) is 1. The van der Waals surface area contributed by atoms with E-state index in [1.807, 2.05) is 24.3 Å². The minimum Gasteiger partial charge on any atom is -0.349 e. The maximum absolute atomic E-state index is 12.2. The normalized spacial score (nSPS) is 26.1. The van der Waals surface area contributed by atoms with Gasteiger partial charge in [0.2, 0.25) is 11.8 Å². The van der Waals surface area contributed by atoms with Gasteiger partial charge in [-0.3, -0.25) is 9.59 Å². The Morgan fingerprint density at radius 1 is 1.14 bits per heavy atom. The van der Waals surface area contributed by atoms with E-state index in [0.717, 1.165) is 11.3 Å². The number of nitrogens with one attached hydrogen (secondary N) is 1. The zero-order valence-corrected chi connectivity index (χ0v) is 12.6. The van der Waals surface area contributed by atoms with Crippen LogP contribution in [-0.2, 0) is 16.0 Å². The molecule has 0 aromatic heterocycles. The molecule has 3 rings (SSSR count). The van der Waals surface area contributed by atoms with Gasteiger partial charge >= 0.3 is 0 Å². The summed E-state index contributed by atoms with van der Waals surface area (Å²) in [5, 5.41) is 3.00. The van der Waals surface area contributed by atoms with E-state index in [1.165, 1.54) is 19.3 Å². The van der Waals surface area contributed by atoms with Gasteiger partial charge in [-0.15, -0.1) is 0 Å². The number of hydrogen-bond donors (Lipinski definition) is 1. The van der Waals surface area contributed by atoms with Crippen molar-refractivity contribution in [3.63, 3.8) is 0 Å². The summed E-state index contributed by atoms with van der Waals surface area (Å²) >= 11 is 0. The van der Waals surface area contributed by atoms with Crippen LogP contribution in [0.4, 0.5) is 5.69 Å². The second-order valence-electron chi connectivity index (χ2n) is 6.44. The van der Waals surface area contributed by atoms with Crippen molar-refractivity contribution in [1.82, 2.24) is 4.90 Å². The highest BCUT2D eigenvalue weighted by Crippen LogP contribution is 2.57. The number of hydrogen-bond acceptors (Lipinski definition) is 2. The first-order chi connectivity index (χ1) is 10.1. The van der Waals surface area contributed by atoms with Crippen molar-refractivity contribution in [2.24, 2.45) is 17.8 Å². The molecule has 1 aromatic rings. The van der Waals surface area contributed by atoms with Crippen molar-refractivity contribution in [3.05, 3.63) is 29.8 Å². The van der Waals surface area contributed by atoms with Crippen LogP contribution in [0.2, 0.25) is 0 Å². The molecular formula is C17H22N2O2. The van der Waals surface area contributed by atoms with Crippen LogP contribution in [0, 0.1) is 17.8 Å². The molecule has 0 bridgehead atoms. The van der Waals surface area contributed by atoms with Gasteiger partial charge in [-0.05, 0) is 42.4 Å². The van der Waals surface area contributed by atoms with Crippen molar-refractivity contribution in [2.75, 3.05) is 19.4 Å². The number of amides is 2. The Morgan fingerprint density at radius 2 is 1.76 bits per heavy atom.